The lowest BCUT2D eigenvalue weighted by molar-refractivity contribution is -0.130. The van der Waals surface area contributed by atoms with Crippen molar-refractivity contribution in [1.82, 2.24) is 14.9 Å². The van der Waals surface area contributed by atoms with Gasteiger partial charge in [-0.15, -0.1) is 11.3 Å². The Kier molecular flexibility index (Phi) is 6.13. The normalized spacial score (nSPS) is 14.4. The van der Waals surface area contributed by atoms with E-state index < -0.39 is 0 Å². The molecule has 3 heterocycles. The molecule has 4 rings (SSSR count). The van der Waals surface area contributed by atoms with Crippen molar-refractivity contribution < 1.29 is 4.79 Å². The smallest absolute Gasteiger partial charge is 0.227 e. The van der Waals surface area contributed by atoms with E-state index in [0.29, 0.717) is 12.3 Å². The van der Waals surface area contributed by atoms with E-state index in [1.54, 1.807) is 11.3 Å². The maximum absolute atomic E-state index is 12.7. The lowest BCUT2D eigenvalue weighted by atomic mass is 10.0. The van der Waals surface area contributed by atoms with Crippen molar-refractivity contribution in [3.05, 3.63) is 64.0 Å². The third-order valence-corrected chi connectivity index (χ3v) is 6.44. The molecule has 1 fully saturated rings. The standard InChI is InChI=1S/C24H28N4OS/c1-17(2)22-18(3)25-23(19-8-5-4-6-9-19)26-24(22)28-13-11-27(12-14-28)21(29)16-20-10-7-15-30-20/h4-10,15,17H,11-14,16H2,1-3H3. The molecule has 0 bridgehead atoms. The van der Waals surface area contributed by atoms with Gasteiger partial charge in [-0.1, -0.05) is 50.2 Å². The first-order valence-corrected chi connectivity index (χ1v) is 11.4. The number of hydrogen-bond donors (Lipinski definition) is 0. The molecule has 0 spiro atoms. The van der Waals surface area contributed by atoms with E-state index in [4.69, 9.17) is 9.97 Å². The van der Waals surface area contributed by atoms with Crippen LogP contribution in [0, 0.1) is 6.92 Å². The van der Waals surface area contributed by atoms with Crippen molar-refractivity contribution in [3.63, 3.8) is 0 Å². The van der Waals surface area contributed by atoms with Gasteiger partial charge in [0.05, 0.1) is 6.42 Å². The molecule has 0 aliphatic carbocycles. The van der Waals surface area contributed by atoms with Gasteiger partial charge in [0.15, 0.2) is 5.82 Å². The van der Waals surface area contributed by atoms with E-state index in [1.165, 1.54) is 5.56 Å². The zero-order valence-electron chi connectivity index (χ0n) is 17.8. The number of aryl methyl sites for hydroxylation is 1. The minimum absolute atomic E-state index is 0.213. The summed E-state index contributed by atoms with van der Waals surface area (Å²) < 4.78 is 0. The Morgan fingerprint density at radius 1 is 1.03 bits per heavy atom. The van der Waals surface area contributed by atoms with Crippen LogP contribution < -0.4 is 4.90 Å². The lowest BCUT2D eigenvalue weighted by Gasteiger charge is -2.37. The molecule has 5 nitrogen and oxygen atoms in total. The molecule has 0 N–H and O–H groups in total. The highest BCUT2D eigenvalue weighted by molar-refractivity contribution is 7.10. The predicted molar refractivity (Wildman–Crippen MR) is 123 cm³/mol. The van der Waals surface area contributed by atoms with Gasteiger partial charge in [-0.3, -0.25) is 4.79 Å². The van der Waals surface area contributed by atoms with Gasteiger partial charge in [0, 0.05) is 47.9 Å². The van der Waals surface area contributed by atoms with Gasteiger partial charge in [-0.2, -0.15) is 0 Å². The number of nitrogens with zero attached hydrogens (tertiary/aromatic N) is 4. The number of rotatable bonds is 5. The molecule has 0 unspecified atom stereocenters. The zero-order valence-corrected chi connectivity index (χ0v) is 18.7. The molecule has 1 saturated heterocycles. The molecule has 1 aromatic carbocycles. The number of amides is 1. The fourth-order valence-corrected chi connectivity index (χ4v) is 4.74. The highest BCUT2D eigenvalue weighted by atomic mass is 32.1. The Morgan fingerprint density at radius 3 is 2.40 bits per heavy atom. The van der Waals surface area contributed by atoms with Gasteiger partial charge in [-0.05, 0) is 24.3 Å². The summed E-state index contributed by atoms with van der Waals surface area (Å²) in [6.07, 6.45) is 0.500. The van der Waals surface area contributed by atoms with Crippen molar-refractivity contribution in [1.29, 1.82) is 0 Å². The summed E-state index contributed by atoms with van der Waals surface area (Å²) in [6, 6.07) is 14.2. The maximum Gasteiger partial charge on any atom is 0.227 e. The molecular formula is C24H28N4OS. The Balaban J connectivity index is 1.55. The van der Waals surface area contributed by atoms with Crippen molar-refractivity contribution in [3.8, 4) is 11.4 Å². The molecule has 6 heteroatoms. The van der Waals surface area contributed by atoms with E-state index >= 15 is 0 Å². The largest absolute Gasteiger partial charge is 0.353 e. The van der Waals surface area contributed by atoms with Crippen LogP contribution in [0.5, 0.6) is 0 Å². The second kappa shape index (κ2) is 8.96. The Morgan fingerprint density at radius 2 is 1.77 bits per heavy atom. The Labute approximate surface area is 182 Å². The molecule has 30 heavy (non-hydrogen) atoms. The number of anilines is 1. The lowest BCUT2D eigenvalue weighted by Crippen LogP contribution is -2.49. The second-order valence-electron chi connectivity index (χ2n) is 8.01. The van der Waals surface area contributed by atoms with E-state index in [-0.39, 0.29) is 5.91 Å². The first-order chi connectivity index (χ1) is 14.5. The molecule has 1 aliphatic heterocycles. The molecule has 156 valence electrons. The summed E-state index contributed by atoms with van der Waals surface area (Å²) in [4.78, 5) is 27.9. The average molecular weight is 421 g/mol. The molecule has 0 saturated carbocycles. The molecule has 0 atom stereocenters. The molecule has 2 aromatic heterocycles. The number of carbonyl (C=O) groups excluding carboxylic acids is 1. The quantitative estimate of drug-likeness (QED) is 0.609. The van der Waals surface area contributed by atoms with Gasteiger partial charge in [0.25, 0.3) is 0 Å². The van der Waals surface area contributed by atoms with E-state index in [1.807, 2.05) is 40.6 Å². The van der Waals surface area contributed by atoms with Gasteiger partial charge in [0.1, 0.15) is 5.82 Å². The number of piperazine rings is 1. The third-order valence-electron chi connectivity index (χ3n) is 5.56. The van der Waals surface area contributed by atoms with Crippen LogP contribution in [0.4, 0.5) is 5.82 Å². The van der Waals surface area contributed by atoms with Crippen LogP contribution in [0.3, 0.4) is 0 Å². The highest BCUT2D eigenvalue weighted by Gasteiger charge is 2.26. The van der Waals surface area contributed by atoms with Gasteiger partial charge < -0.3 is 9.80 Å². The van der Waals surface area contributed by atoms with Crippen molar-refractivity contribution in [2.24, 2.45) is 0 Å². The van der Waals surface area contributed by atoms with Gasteiger partial charge >= 0.3 is 0 Å². The zero-order chi connectivity index (χ0) is 21.1. The summed E-state index contributed by atoms with van der Waals surface area (Å²) in [5.41, 5.74) is 3.26. The Hall–Kier alpha value is -2.73. The molecule has 0 radical (unpaired) electrons. The van der Waals surface area contributed by atoms with E-state index in [0.717, 1.165) is 54.0 Å². The minimum atomic E-state index is 0.213. The van der Waals surface area contributed by atoms with E-state index in [9.17, 15) is 4.79 Å². The molecule has 1 aliphatic rings. The highest BCUT2D eigenvalue weighted by Crippen LogP contribution is 2.31. The van der Waals surface area contributed by atoms with Crippen molar-refractivity contribution >= 4 is 23.1 Å². The fraction of sp³-hybridized carbons (Fsp3) is 0.375. The summed E-state index contributed by atoms with van der Waals surface area (Å²) in [7, 11) is 0. The SMILES string of the molecule is Cc1nc(-c2ccccc2)nc(N2CCN(C(=O)Cc3cccs3)CC2)c1C(C)C. The van der Waals surface area contributed by atoms with Crippen LogP contribution in [-0.2, 0) is 11.2 Å². The summed E-state index contributed by atoms with van der Waals surface area (Å²) in [6.45, 7) is 9.50. The van der Waals surface area contributed by atoms with E-state index in [2.05, 4.69) is 37.8 Å². The number of hydrogen-bond acceptors (Lipinski definition) is 5. The molecule has 3 aromatic rings. The Bertz CT molecular complexity index is 994. The predicted octanol–water partition coefficient (Wildman–Crippen LogP) is 4.53. The molecule has 1 amide bonds. The summed E-state index contributed by atoms with van der Waals surface area (Å²) in [5.74, 6) is 2.33. The van der Waals surface area contributed by atoms with Crippen LogP contribution in [0.25, 0.3) is 11.4 Å². The summed E-state index contributed by atoms with van der Waals surface area (Å²) in [5, 5.41) is 2.02. The second-order valence-corrected chi connectivity index (χ2v) is 9.05. The molecular weight excluding hydrogens is 392 g/mol. The number of carbonyl (C=O) groups is 1. The average Bonchev–Trinajstić information content (AvgIpc) is 3.26. The van der Waals surface area contributed by atoms with Crippen LogP contribution in [0.15, 0.2) is 47.8 Å². The van der Waals surface area contributed by atoms with Crippen molar-refractivity contribution in [2.45, 2.75) is 33.1 Å². The summed E-state index contributed by atoms with van der Waals surface area (Å²) >= 11 is 1.64. The minimum Gasteiger partial charge on any atom is -0.353 e. The monoisotopic (exact) mass is 420 g/mol. The van der Waals surface area contributed by atoms with Gasteiger partial charge in [0.2, 0.25) is 5.91 Å². The maximum atomic E-state index is 12.7. The van der Waals surface area contributed by atoms with Crippen molar-refractivity contribution in [2.75, 3.05) is 31.1 Å². The van der Waals surface area contributed by atoms with Crippen LogP contribution in [0.1, 0.15) is 35.9 Å². The number of thiophene rings is 1. The number of aromatic nitrogens is 2. The van der Waals surface area contributed by atoms with Crippen LogP contribution in [-0.4, -0.2) is 47.0 Å². The third kappa shape index (κ3) is 4.38. The van der Waals surface area contributed by atoms with Gasteiger partial charge in [-0.25, -0.2) is 9.97 Å². The first-order valence-electron chi connectivity index (χ1n) is 10.5. The van der Waals surface area contributed by atoms with Crippen LogP contribution in [0.2, 0.25) is 0 Å². The van der Waals surface area contributed by atoms with Crippen LogP contribution >= 0.6 is 11.3 Å². The first kappa shape index (κ1) is 20.5. The number of benzene rings is 1. The fourth-order valence-electron chi connectivity index (χ4n) is 4.04. The topological polar surface area (TPSA) is 49.3 Å².